The molecule has 0 spiro atoms. The summed E-state index contributed by atoms with van der Waals surface area (Å²) in [6.45, 7) is 2.51. The number of oxazole rings is 1. The number of hydrogen-bond donors (Lipinski definition) is 0. The van der Waals surface area contributed by atoms with Crippen LogP contribution in [0.4, 0.5) is 0 Å². The third-order valence-corrected chi connectivity index (χ3v) is 4.55. The van der Waals surface area contributed by atoms with Crippen LogP contribution in [0.25, 0.3) is 11.1 Å². The van der Waals surface area contributed by atoms with Crippen molar-refractivity contribution in [2.75, 3.05) is 0 Å². The molecule has 0 amide bonds. The number of aryl methyl sites for hydroxylation is 1. The molecule has 0 saturated heterocycles. The highest BCUT2D eigenvalue weighted by Gasteiger charge is 2.17. The number of fused-ring (bicyclic) bond motifs is 1. The van der Waals surface area contributed by atoms with Crippen molar-refractivity contribution in [3.8, 4) is 0 Å². The predicted octanol–water partition coefficient (Wildman–Crippen LogP) is 4.45. The molecule has 3 rings (SSSR count). The lowest BCUT2D eigenvalue weighted by Crippen LogP contribution is -2.11. The van der Waals surface area contributed by atoms with E-state index < -0.39 is 0 Å². The zero-order chi connectivity index (χ0) is 14.3. The van der Waals surface area contributed by atoms with Crippen molar-refractivity contribution in [3.63, 3.8) is 0 Å². The number of rotatable bonds is 3. The van der Waals surface area contributed by atoms with Gasteiger partial charge in [-0.1, -0.05) is 22.0 Å². The van der Waals surface area contributed by atoms with Gasteiger partial charge in [0.2, 0.25) is 0 Å². The number of nitrogens with zero attached hydrogens (tertiary/aromatic N) is 1. The molecule has 104 valence electrons. The van der Waals surface area contributed by atoms with Crippen LogP contribution in [0, 0.1) is 0 Å². The smallest absolute Gasteiger partial charge is 0.419 e. The molecule has 0 radical (unpaired) electrons. The summed E-state index contributed by atoms with van der Waals surface area (Å²) in [5.74, 6) is 0.458. The van der Waals surface area contributed by atoms with Crippen LogP contribution >= 0.6 is 31.9 Å². The van der Waals surface area contributed by atoms with Gasteiger partial charge in [0, 0.05) is 6.54 Å². The van der Waals surface area contributed by atoms with E-state index in [0.29, 0.717) is 16.8 Å². The molecule has 0 saturated carbocycles. The van der Waals surface area contributed by atoms with Crippen LogP contribution in [-0.2, 0) is 6.54 Å². The summed E-state index contributed by atoms with van der Waals surface area (Å²) in [7, 11) is 0. The maximum absolute atomic E-state index is 11.7. The third-order valence-electron chi connectivity index (χ3n) is 3.14. The Morgan fingerprint density at radius 2 is 2.05 bits per heavy atom. The van der Waals surface area contributed by atoms with Gasteiger partial charge in [0.15, 0.2) is 10.3 Å². The maximum Gasteiger partial charge on any atom is 0.419 e. The molecule has 1 aromatic carbocycles. The highest BCUT2D eigenvalue weighted by atomic mass is 79.9. The van der Waals surface area contributed by atoms with Gasteiger partial charge in [0.25, 0.3) is 0 Å². The SMILES string of the molecule is CCn1c(=O)oc2cc(C(Br)c3ccc(Br)o3)ccc21. The van der Waals surface area contributed by atoms with E-state index in [0.717, 1.165) is 16.8 Å². The van der Waals surface area contributed by atoms with Gasteiger partial charge < -0.3 is 8.83 Å². The minimum atomic E-state index is -0.327. The second kappa shape index (κ2) is 5.26. The number of halogens is 2. The summed E-state index contributed by atoms with van der Waals surface area (Å²) in [6, 6.07) is 9.44. The van der Waals surface area contributed by atoms with Gasteiger partial charge in [-0.2, -0.15) is 0 Å². The highest BCUT2D eigenvalue weighted by molar-refractivity contribution is 9.10. The molecule has 4 nitrogen and oxygen atoms in total. The zero-order valence-electron chi connectivity index (χ0n) is 10.6. The Bertz CT molecular complexity index is 815. The molecule has 1 atom stereocenters. The lowest BCUT2D eigenvalue weighted by molar-refractivity contribution is 0.496. The number of hydrogen-bond acceptors (Lipinski definition) is 3. The quantitative estimate of drug-likeness (QED) is 0.610. The van der Waals surface area contributed by atoms with Gasteiger partial charge in [0.05, 0.1) is 10.3 Å². The fourth-order valence-corrected chi connectivity index (χ4v) is 3.02. The predicted molar refractivity (Wildman–Crippen MR) is 83.3 cm³/mol. The molecule has 0 aliphatic carbocycles. The minimum absolute atomic E-state index is 0.0894. The van der Waals surface area contributed by atoms with Crippen LogP contribution in [0.1, 0.15) is 23.1 Å². The third kappa shape index (κ3) is 2.27. The molecule has 0 bridgehead atoms. The van der Waals surface area contributed by atoms with Crippen molar-refractivity contribution < 1.29 is 8.83 Å². The first-order valence-corrected chi connectivity index (χ1v) is 7.83. The van der Waals surface area contributed by atoms with Gasteiger partial charge >= 0.3 is 5.76 Å². The molecule has 2 aromatic heterocycles. The largest absolute Gasteiger partial charge is 0.453 e. The normalized spacial score (nSPS) is 12.9. The van der Waals surface area contributed by atoms with Crippen molar-refractivity contribution in [2.45, 2.75) is 18.3 Å². The fraction of sp³-hybridized carbons (Fsp3) is 0.214. The maximum atomic E-state index is 11.7. The number of benzene rings is 1. The van der Waals surface area contributed by atoms with E-state index >= 15 is 0 Å². The lowest BCUT2D eigenvalue weighted by atomic mass is 10.1. The van der Waals surface area contributed by atoms with Crippen molar-refractivity contribution >= 4 is 43.0 Å². The van der Waals surface area contributed by atoms with Crippen LogP contribution in [0.5, 0.6) is 0 Å². The Balaban J connectivity index is 2.07. The van der Waals surface area contributed by atoms with E-state index in [1.54, 1.807) is 4.57 Å². The zero-order valence-corrected chi connectivity index (χ0v) is 13.8. The minimum Gasteiger partial charge on any atom is -0.453 e. The fourth-order valence-electron chi connectivity index (χ4n) is 2.17. The summed E-state index contributed by atoms with van der Waals surface area (Å²) < 4.78 is 13.1. The van der Waals surface area contributed by atoms with Crippen molar-refractivity contribution in [1.29, 1.82) is 0 Å². The molecular formula is C14H11Br2NO3. The molecule has 0 fully saturated rings. The van der Waals surface area contributed by atoms with E-state index in [9.17, 15) is 4.79 Å². The molecule has 20 heavy (non-hydrogen) atoms. The number of furan rings is 1. The van der Waals surface area contributed by atoms with E-state index in [-0.39, 0.29) is 10.6 Å². The summed E-state index contributed by atoms with van der Waals surface area (Å²) in [6.07, 6.45) is 0. The average Bonchev–Trinajstić information content (AvgIpc) is 2.99. The molecule has 0 aliphatic heterocycles. The summed E-state index contributed by atoms with van der Waals surface area (Å²) in [4.78, 5) is 11.6. The Labute approximate surface area is 131 Å². The van der Waals surface area contributed by atoms with Gasteiger partial charge in [-0.15, -0.1) is 0 Å². The van der Waals surface area contributed by atoms with E-state index in [4.69, 9.17) is 8.83 Å². The molecule has 3 aromatic rings. The Hall–Kier alpha value is -1.27. The Kier molecular flexibility index (Phi) is 3.60. The number of aromatic nitrogens is 1. The monoisotopic (exact) mass is 399 g/mol. The Morgan fingerprint density at radius 3 is 2.70 bits per heavy atom. The molecule has 2 heterocycles. The van der Waals surface area contributed by atoms with Crippen molar-refractivity contribution in [2.24, 2.45) is 0 Å². The molecule has 0 aliphatic rings. The van der Waals surface area contributed by atoms with Crippen LogP contribution < -0.4 is 5.76 Å². The van der Waals surface area contributed by atoms with Gasteiger partial charge in [-0.05, 0) is 52.7 Å². The topological polar surface area (TPSA) is 48.3 Å². The second-order valence-corrected chi connectivity index (χ2v) is 6.04. The van der Waals surface area contributed by atoms with E-state index in [2.05, 4.69) is 31.9 Å². The average molecular weight is 401 g/mol. The van der Waals surface area contributed by atoms with Gasteiger partial charge in [-0.25, -0.2) is 4.79 Å². The first-order valence-electron chi connectivity index (χ1n) is 6.12. The first kappa shape index (κ1) is 13.7. The van der Waals surface area contributed by atoms with Crippen molar-refractivity contribution in [3.05, 3.63) is 56.9 Å². The van der Waals surface area contributed by atoms with Gasteiger partial charge in [-0.3, -0.25) is 4.57 Å². The molecule has 1 unspecified atom stereocenters. The highest BCUT2D eigenvalue weighted by Crippen LogP contribution is 2.34. The van der Waals surface area contributed by atoms with Crippen molar-refractivity contribution in [1.82, 2.24) is 4.57 Å². The summed E-state index contributed by atoms with van der Waals surface area (Å²) in [5, 5.41) is 0. The van der Waals surface area contributed by atoms with Gasteiger partial charge in [0.1, 0.15) is 5.76 Å². The molecule has 6 heteroatoms. The first-order chi connectivity index (χ1) is 9.60. The van der Waals surface area contributed by atoms with Crippen LogP contribution in [0.3, 0.4) is 0 Å². The summed E-state index contributed by atoms with van der Waals surface area (Å²) in [5.41, 5.74) is 2.36. The van der Waals surface area contributed by atoms with E-state index in [1.165, 1.54) is 0 Å². The summed E-state index contributed by atoms with van der Waals surface area (Å²) >= 11 is 6.88. The van der Waals surface area contributed by atoms with Crippen LogP contribution in [0.15, 0.2) is 48.6 Å². The lowest BCUT2D eigenvalue weighted by Gasteiger charge is -2.07. The van der Waals surface area contributed by atoms with Crippen LogP contribution in [0.2, 0.25) is 0 Å². The molecule has 0 N–H and O–H groups in total. The second-order valence-electron chi connectivity index (χ2n) is 4.34. The van der Waals surface area contributed by atoms with Crippen LogP contribution in [-0.4, -0.2) is 4.57 Å². The molecular weight excluding hydrogens is 390 g/mol. The Morgan fingerprint density at radius 1 is 1.25 bits per heavy atom. The standard InChI is InChI=1S/C14H11Br2NO3/c1-2-17-9-4-3-8(7-11(9)20-14(17)18)13(16)10-5-6-12(15)19-10/h3-7,13H,2H2,1H3. The van der Waals surface area contributed by atoms with E-state index in [1.807, 2.05) is 37.3 Å². The number of alkyl halides is 1.